The highest BCUT2D eigenvalue weighted by molar-refractivity contribution is 6.00. The van der Waals surface area contributed by atoms with Crippen molar-refractivity contribution < 1.29 is 9.72 Å². The second kappa shape index (κ2) is 5.11. The number of carbonyl (C=O) groups is 1. The Kier molecular flexibility index (Phi) is 3.65. The van der Waals surface area contributed by atoms with E-state index in [1.54, 1.807) is 19.2 Å². The van der Waals surface area contributed by atoms with Crippen LogP contribution in [-0.4, -0.2) is 23.4 Å². The summed E-state index contributed by atoms with van der Waals surface area (Å²) in [5.74, 6) is 0.0590. The van der Waals surface area contributed by atoms with E-state index in [1.165, 1.54) is 6.07 Å². The van der Waals surface area contributed by atoms with Gasteiger partial charge in [-0.3, -0.25) is 14.9 Å². The lowest BCUT2D eigenvalue weighted by molar-refractivity contribution is -0.384. The average Bonchev–Trinajstić information content (AvgIpc) is 3.21. The van der Waals surface area contributed by atoms with Crippen LogP contribution in [0.3, 0.4) is 0 Å². The van der Waals surface area contributed by atoms with Crippen molar-refractivity contribution in [2.24, 2.45) is 5.92 Å². The Morgan fingerprint density at radius 2 is 2.05 bits per heavy atom. The van der Waals surface area contributed by atoms with Gasteiger partial charge in [-0.25, -0.2) is 0 Å². The zero-order chi connectivity index (χ0) is 14.9. The molecule has 0 bridgehead atoms. The smallest absolute Gasteiger partial charge is 0.305 e. The fraction of sp³-hybridized carbons (Fsp3) is 0.500. The lowest BCUT2D eigenvalue weighted by atomic mass is 9.98. The van der Waals surface area contributed by atoms with Crippen molar-refractivity contribution in [1.29, 1.82) is 0 Å². The minimum atomic E-state index is -0.523. The van der Waals surface area contributed by atoms with E-state index in [2.05, 4.69) is 10.6 Å². The summed E-state index contributed by atoms with van der Waals surface area (Å²) in [5, 5.41) is 16.9. The normalized spacial score (nSPS) is 14.8. The molecule has 20 heavy (non-hydrogen) atoms. The van der Waals surface area contributed by atoms with Gasteiger partial charge in [0.25, 0.3) is 5.91 Å². The molecule has 0 saturated heterocycles. The van der Waals surface area contributed by atoms with E-state index in [9.17, 15) is 14.9 Å². The van der Waals surface area contributed by atoms with Crippen LogP contribution in [0.4, 0.5) is 11.4 Å². The van der Waals surface area contributed by atoms with Crippen molar-refractivity contribution in [1.82, 2.24) is 5.32 Å². The quantitative estimate of drug-likeness (QED) is 0.640. The molecule has 0 unspecified atom stereocenters. The molecule has 108 valence electrons. The van der Waals surface area contributed by atoms with Crippen LogP contribution in [0, 0.1) is 16.0 Å². The maximum absolute atomic E-state index is 12.3. The van der Waals surface area contributed by atoms with Crippen LogP contribution in [-0.2, 0) is 0 Å². The van der Waals surface area contributed by atoms with E-state index < -0.39 is 10.8 Å². The number of para-hydroxylation sites is 1. The Hall–Kier alpha value is -2.11. The van der Waals surface area contributed by atoms with Gasteiger partial charge >= 0.3 is 5.69 Å². The first-order chi connectivity index (χ1) is 9.36. The third-order valence-corrected chi connectivity index (χ3v) is 3.77. The van der Waals surface area contributed by atoms with Gasteiger partial charge in [-0.2, -0.15) is 0 Å². The first-order valence-electron chi connectivity index (χ1n) is 6.64. The topological polar surface area (TPSA) is 84.3 Å². The Bertz CT molecular complexity index is 551. The zero-order valence-corrected chi connectivity index (χ0v) is 11.9. The summed E-state index contributed by atoms with van der Waals surface area (Å²) in [7, 11) is 1.60. The van der Waals surface area contributed by atoms with Gasteiger partial charge in [0.05, 0.1) is 4.92 Å². The maximum Gasteiger partial charge on any atom is 0.305 e. The van der Waals surface area contributed by atoms with Gasteiger partial charge in [-0.15, -0.1) is 0 Å². The number of carbonyl (C=O) groups excluding carboxylic acids is 1. The van der Waals surface area contributed by atoms with Crippen molar-refractivity contribution in [2.45, 2.75) is 32.2 Å². The number of nitrogens with one attached hydrogen (secondary N) is 2. The SMILES string of the molecule is CNc1cccc(C(=O)NC(C)(C)C2CC2)c1[N+](=O)[O-]. The number of hydrogen-bond acceptors (Lipinski definition) is 4. The van der Waals surface area contributed by atoms with E-state index in [-0.39, 0.29) is 16.8 Å². The summed E-state index contributed by atoms with van der Waals surface area (Å²) in [6, 6.07) is 4.70. The second-order valence-electron chi connectivity index (χ2n) is 5.66. The molecule has 2 N–H and O–H groups in total. The molecule has 1 aliphatic carbocycles. The molecular formula is C14H19N3O3. The summed E-state index contributed by atoms with van der Waals surface area (Å²) in [5.41, 5.74) is -0.0813. The van der Waals surface area contributed by atoms with E-state index in [1.807, 2.05) is 13.8 Å². The number of amides is 1. The zero-order valence-electron chi connectivity index (χ0n) is 11.9. The minimum Gasteiger partial charge on any atom is -0.383 e. The van der Waals surface area contributed by atoms with Crippen LogP contribution >= 0.6 is 0 Å². The predicted octanol–water partition coefficient (Wildman–Crippen LogP) is 2.55. The second-order valence-corrected chi connectivity index (χ2v) is 5.66. The van der Waals surface area contributed by atoms with Gasteiger partial charge in [0.15, 0.2) is 0 Å². The molecule has 1 amide bonds. The molecule has 1 aromatic rings. The Labute approximate surface area is 117 Å². The van der Waals surface area contributed by atoms with Crippen LogP contribution < -0.4 is 10.6 Å². The highest BCUT2D eigenvalue weighted by Crippen LogP contribution is 2.39. The van der Waals surface area contributed by atoms with Crippen LogP contribution in [0.25, 0.3) is 0 Å². The monoisotopic (exact) mass is 277 g/mol. The van der Waals surface area contributed by atoms with Gasteiger partial charge in [-0.05, 0) is 44.7 Å². The molecule has 0 aromatic heterocycles. The predicted molar refractivity (Wildman–Crippen MR) is 76.9 cm³/mol. The molecule has 0 spiro atoms. The summed E-state index contributed by atoms with van der Waals surface area (Å²) in [6.45, 7) is 3.91. The van der Waals surface area contributed by atoms with E-state index in [0.717, 1.165) is 12.8 Å². The third-order valence-electron chi connectivity index (χ3n) is 3.77. The van der Waals surface area contributed by atoms with Gasteiger partial charge in [0.1, 0.15) is 11.3 Å². The van der Waals surface area contributed by atoms with Crippen molar-refractivity contribution >= 4 is 17.3 Å². The number of rotatable bonds is 5. The number of hydrogen-bond donors (Lipinski definition) is 2. The van der Waals surface area contributed by atoms with Crippen molar-refractivity contribution in [2.75, 3.05) is 12.4 Å². The van der Waals surface area contributed by atoms with Gasteiger partial charge in [0.2, 0.25) is 0 Å². The molecule has 6 heteroatoms. The minimum absolute atomic E-state index is 0.0931. The highest BCUT2D eigenvalue weighted by Gasteiger charge is 2.39. The average molecular weight is 277 g/mol. The van der Waals surface area contributed by atoms with Crippen molar-refractivity contribution in [3.05, 3.63) is 33.9 Å². The third kappa shape index (κ3) is 2.74. The summed E-state index contributed by atoms with van der Waals surface area (Å²) in [4.78, 5) is 23.0. The van der Waals surface area contributed by atoms with Gasteiger partial charge < -0.3 is 10.6 Å². The highest BCUT2D eigenvalue weighted by atomic mass is 16.6. The molecule has 0 atom stereocenters. The molecule has 1 aliphatic rings. The molecule has 1 aromatic carbocycles. The number of anilines is 1. The lowest BCUT2D eigenvalue weighted by Gasteiger charge is -2.26. The molecule has 1 saturated carbocycles. The van der Waals surface area contributed by atoms with Crippen LogP contribution in [0.15, 0.2) is 18.2 Å². The van der Waals surface area contributed by atoms with Crippen molar-refractivity contribution in [3.8, 4) is 0 Å². The van der Waals surface area contributed by atoms with E-state index >= 15 is 0 Å². The first-order valence-corrected chi connectivity index (χ1v) is 6.64. The summed E-state index contributed by atoms with van der Waals surface area (Å²) < 4.78 is 0. The molecule has 6 nitrogen and oxygen atoms in total. The largest absolute Gasteiger partial charge is 0.383 e. The number of nitrogens with zero attached hydrogens (tertiary/aromatic N) is 1. The fourth-order valence-electron chi connectivity index (χ4n) is 2.39. The standard InChI is InChI=1S/C14H19N3O3/c1-14(2,9-7-8-9)16-13(18)10-5-4-6-11(15-3)12(10)17(19)20/h4-6,9,15H,7-8H2,1-3H3,(H,16,18). The van der Waals surface area contributed by atoms with E-state index in [4.69, 9.17) is 0 Å². The van der Waals surface area contributed by atoms with Gasteiger partial charge in [-0.1, -0.05) is 6.07 Å². The molecule has 1 fully saturated rings. The summed E-state index contributed by atoms with van der Waals surface area (Å²) >= 11 is 0. The first kappa shape index (κ1) is 14.3. The van der Waals surface area contributed by atoms with Crippen LogP contribution in [0.1, 0.15) is 37.0 Å². The van der Waals surface area contributed by atoms with Gasteiger partial charge in [0, 0.05) is 12.6 Å². The number of nitro groups is 1. The molecule has 0 radical (unpaired) electrons. The summed E-state index contributed by atoms with van der Waals surface area (Å²) in [6.07, 6.45) is 2.18. The fourth-order valence-corrected chi connectivity index (χ4v) is 2.39. The maximum atomic E-state index is 12.3. The molecule has 0 aliphatic heterocycles. The Morgan fingerprint density at radius 3 is 2.55 bits per heavy atom. The van der Waals surface area contributed by atoms with Crippen molar-refractivity contribution in [3.63, 3.8) is 0 Å². The van der Waals surface area contributed by atoms with Crippen LogP contribution in [0.5, 0.6) is 0 Å². The Morgan fingerprint density at radius 1 is 1.40 bits per heavy atom. The Balaban J connectivity index is 2.32. The molecule has 2 rings (SSSR count). The van der Waals surface area contributed by atoms with E-state index in [0.29, 0.717) is 11.6 Å². The number of nitro benzene ring substituents is 1. The lowest BCUT2D eigenvalue weighted by Crippen LogP contribution is -2.45. The van der Waals surface area contributed by atoms with Crippen LogP contribution in [0.2, 0.25) is 0 Å². The number of benzene rings is 1. The molecular weight excluding hydrogens is 258 g/mol. The molecule has 0 heterocycles.